The summed E-state index contributed by atoms with van der Waals surface area (Å²) in [7, 11) is 0. The summed E-state index contributed by atoms with van der Waals surface area (Å²) in [5.41, 5.74) is 9.05. The molecule has 14 bridgehead atoms. The number of anilines is 1. The normalized spacial score (nSPS) is 16.8. The van der Waals surface area contributed by atoms with E-state index in [2.05, 4.69) is 5.16 Å². The van der Waals surface area contributed by atoms with E-state index in [1.54, 1.807) is 0 Å². The van der Waals surface area contributed by atoms with Gasteiger partial charge in [0.05, 0.1) is 17.9 Å². The molecule has 6 aliphatic rings. The fourth-order valence-electron chi connectivity index (χ4n) is 7.15. The molecule has 1 aliphatic carbocycles. The number of nitrogens with zero attached hydrogens (tertiary/aromatic N) is 2. The molecule has 236 valence electrons. The Bertz CT molecular complexity index is 1970. The van der Waals surface area contributed by atoms with Gasteiger partial charge in [-0.3, -0.25) is 10.3 Å². The second kappa shape index (κ2) is 11.4. The van der Waals surface area contributed by atoms with Crippen molar-refractivity contribution < 1.29 is 30.5 Å². The Balaban J connectivity index is 1.37. The number of phenols is 4. The number of hydrogen-bond acceptors (Lipinski definition) is 8. The van der Waals surface area contributed by atoms with Crippen LogP contribution < -0.4 is 5.06 Å². The Kier molecular flexibility index (Phi) is 7.03. The Hall–Kier alpha value is -5.47. The molecule has 47 heavy (non-hydrogen) atoms. The molecule has 0 saturated heterocycles. The summed E-state index contributed by atoms with van der Waals surface area (Å²) in [6, 6.07) is 26.2. The van der Waals surface area contributed by atoms with Crippen LogP contribution >= 0.6 is 0 Å². The van der Waals surface area contributed by atoms with E-state index < -0.39 is 0 Å². The Morgan fingerprint density at radius 2 is 1.00 bits per heavy atom. The van der Waals surface area contributed by atoms with Gasteiger partial charge in [-0.2, -0.15) is 0 Å². The third-order valence-electron chi connectivity index (χ3n) is 9.61. The molecule has 0 saturated carbocycles. The minimum Gasteiger partial charge on any atom is -0.507 e. The molecule has 5 aromatic carbocycles. The van der Waals surface area contributed by atoms with Crippen LogP contribution in [0.25, 0.3) is 0 Å². The Morgan fingerprint density at radius 3 is 1.49 bits per heavy atom. The first-order valence-corrected chi connectivity index (χ1v) is 15.9. The lowest BCUT2D eigenvalue weighted by Crippen LogP contribution is -2.18. The van der Waals surface area contributed by atoms with Crippen molar-refractivity contribution >= 4 is 11.4 Å². The van der Waals surface area contributed by atoms with E-state index in [0.717, 1.165) is 27.5 Å². The number of hydrogen-bond donors (Lipinski definition) is 5. The predicted molar refractivity (Wildman–Crippen MR) is 178 cm³/mol. The lowest BCUT2D eigenvalue weighted by atomic mass is 9.89. The summed E-state index contributed by atoms with van der Waals surface area (Å²) < 4.78 is 0. The topological polar surface area (TPSA) is 126 Å². The second-order valence-electron chi connectivity index (χ2n) is 12.9. The maximum Gasteiger partial charge on any atom is 0.137 e. The molecule has 0 unspecified atom stereocenters. The second-order valence-corrected chi connectivity index (χ2v) is 12.9. The zero-order valence-electron chi connectivity index (χ0n) is 25.6. The maximum absolute atomic E-state index is 11.6. The molecule has 5 aliphatic heterocycles. The number of aromatic hydroxyl groups is 4. The van der Waals surface area contributed by atoms with Crippen LogP contribution in [0.5, 0.6) is 23.0 Å². The van der Waals surface area contributed by atoms with Gasteiger partial charge < -0.3 is 25.3 Å². The van der Waals surface area contributed by atoms with Crippen molar-refractivity contribution in [2.75, 3.05) is 5.06 Å². The van der Waals surface area contributed by atoms with Crippen LogP contribution in [0.15, 0.2) is 90.1 Å². The molecule has 5 heterocycles. The molecule has 0 spiro atoms. The van der Waals surface area contributed by atoms with Crippen LogP contribution in [0.2, 0.25) is 0 Å². The summed E-state index contributed by atoms with van der Waals surface area (Å²) in [5.74, 6) is 0.409. The van der Waals surface area contributed by atoms with Gasteiger partial charge in [0.25, 0.3) is 0 Å². The number of benzene rings is 5. The van der Waals surface area contributed by atoms with Gasteiger partial charge >= 0.3 is 0 Å². The Labute approximate surface area is 272 Å². The largest absolute Gasteiger partial charge is 0.507 e. The van der Waals surface area contributed by atoms with Crippen LogP contribution in [0, 0.1) is 0 Å². The van der Waals surface area contributed by atoms with Gasteiger partial charge in [-0.05, 0) is 85.5 Å². The van der Waals surface area contributed by atoms with E-state index >= 15 is 0 Å². The first-order valence-electron chi connectivity index (χ1n) is 15.9. The first kappa shape index (κ1) is 29.0. The number of oxime groups is 1. The average molecular weight is 627 g/mol. The molecule has 8 nitrogen and oxygen atoms in total. The summed E-state index contributed by atoms with van der Waals surface area (Å²) in [6.45, 7) is 0.139. The minimum absolute atomic E-state index is 0.0771. The zero-order chi connectivity index (χ0) is 32.2. The quantitative estimate of drug-likeness (QED) is 0.128. The van der Waals surface area contributed by atoms with Crippen molar-refractivity contribution in [2.24, 2.45) is 5.16 Å². The number of para-hydroxylation sites is 2. The van der Waals surface area contributed by atoms with E-state index in [0.29, 0.717) is 63.0 Å². The van der Waals surface area contributed by atoms with Gasteiger partial charge in [0, 0.05) is 38.5 Å². The lowest BCUT2D eigenvalue weighted by molar-refractivity contribution is 0.0859. The van der Waals surface area contributed by atoms with E-state index in [4.69, 9.17) is 4.84 Å². The van der Waals surface area contributed by atoms with Crippen molar-refractivity contribution in [3.05, 3.63) is 146 Å². The van der Waals surface area contributed by atoms with Crippen molar-refractivity contribution in [1.82, 2.24) is 0 Å². The average Bonchev–Trinajstić information content (AvgIpc) is 3.52. The highest BCUT2D eigenvalue weighted by molar-refractivity contribution is 6.01. The van der Waals surface area contributed by atoms with Gasteiger partial charge in [-0.1, -0.05) is 65.8 Å². The summed E-state index contributed by atoms with van der Waals surface area (Å²) in [5, 5.41) is 63.0. The van der Waals surface area contributed by atoms with Crippen LogP contribution in [-0.2, 0) is 43.5 Å². The summed E-state index contributed by atoms with van der Waals surface area (Å²) in [4.78, 5) is 5.88. The molecular formula is C39H34N2O6. The van der Waals surface area contributed by atoms with Crippen LogP contribution in [0.4, 0.5) is 5.69 Å². The van der Waals surface area contributed by atoms with E-state index in [-0.39, 0.29) is 61.3 Å². The van der Waals surface area contributed by atoms with Crippen molar-refractivity contribution in [3.8, 4) is 23.0 Å². The van der Waals surface area contributed by atoms with Crippen molar-refractivity contribution in [3.63, 3.8) is 0 Å². The van der Waals surface area contributed by atoms with Gasteiger partial charge in [-0.25, -0.2) is 0 Å². The van der Waals surface area contributed by atoms with Gasteiger partial charge in [0.2, 0.25) is 0 Å². The number of phenolic OH excluding ortho intramolecular Hbond substituents is 4. The first-order chi connectivity index (χ1) is 22.8. The standard InChI is InChI=1S/C39H34N2O6/c42-36-25-3-1-5-27(36)18-31-13-23-14-32(39(31)45)19-28-6-2-4-26(37(28)43)17-30-12-22(11-29(16-25)38(30)44)15-34-20-35(40-47-34)24-7-9-33(10-8-24)41(46)21-23/h1-14,34,42-46H,15-21H2/t34-/m0/s1. The molecule has 0 aromatic heterocycles. The fourth-order valence-corrected chi connectivity index (χ4v) is 7.15. The van der Waals surface area contributed by atoms with E-state index in [1.807, 2.05) is 84.9 Å². The third-order valence-corrected chi connectivity index (χ3v) is 9.61. The summed E-state index contributed by atoms with van der Waals surface area (Å²) in [6.07, 6.45) is 1.94. The van der Waals surface area contributed by atoms with Gasteiger partial charge in [-0.15, -0.1) is 0 Å². The molecule has 1 atom stereocenters. The highest BCUT2D eigenvalue weighted by atomic mass is 16.6. The molecular weight excluding hydrogens is 592 g/mol. The summed E-state index contributed by atoms with van der Waals surface area (Å²) >= 11 is 0. The van der Waals surface area contributed by atoms with E-state index in [1.165, 1.54) is 0 Å². The Morgan fingerprint density at radius 1 is 0.553 bits per heavy atom. The van der Waals surface area contributed by atoms with Crippen LogP contribution in [0.1, 0.15) is 67.6 Å². The van der Waals surface area contributed by atoms with Crippen molar-refractivity contribution in [1.29, 1.82) is 0 Å². The maximum atomic E-state index is 11.6. The zero-order valence-corrected chi connectivity index (χ0v) is 25.6. The minimum atomic E-state index is -0.214. The van der Waals surface area contributed by atoms with Gasteiger partial charge in [0.1, 0.15) is 29.1 Å². The highest BCUT2D eigenvalue weighted by Gasteiger charge is 2.25. The monoisotopic (exact) mass is 626 g/mol. The fraction of sp³-hybridized carbons (Fsp3) is 0.205. The highest BCUT2D eigenvalue weighted by Crippen LogP contribution is 2.39. The van der Waals surface area contributed by atoms with Crippen molar-refractivity contribution in [2.45, 2.75) is 51.2 Å². The molecule has 0 radical (unpaired) electrons. The van der Waals surface area contributed by atoms with Crippen LogP contribution in [-0.4, -0.2) is 37.4 Å². The third kappa shape index (κ3) is 5.40. The smallest absolute Gasteiger partial charge is 0.137 e. The SMILES string of the molecule is Oc1c2cccc1Cc1cc3cc(c1O)Cc1cccc(c1O)Cc1cc(cc(c1O)C2)C[C@H]1CC(=NO1)c1ccc(cc1)N(O)C3. The molecule has 5 aromatic rings. The predicted octanol–water partition coefficient (Wildman–Crippen LogP) is 6.63. The molecule has 8 heteroatoms. The molecule has 5 N–H and O–H groups in total. The number of rotatable bonds is 0. The van der Waals surface area contributed by atoms with E-state index in [9.17, 15) is 25.6 Å². The molecule has 0 amide bonds. The lowest BCUT2D eigenvalue weighted by Gasteiger charge is -2.21. The van der Waals surface area contributed by atoms with Gasteiger partial charge in [0.15, 0.2) is 0 Å². The number of hydroxylamine groups is 1. The van der Waals surface area contributed by atoms with Crippen LogP contribution in [0.3, 0.4) is 0 Å². The molecule has 0 fully saturated rings. The molecule has 11 rings (SSSR count).